The topological polar surface area (TPSA) is 32.3 Å². The maximum Gasteiger partial charge on any atom is 0.321 e. The van der Waals surface area contributed by atoms with Gasteiger partial charge >= 0.3 is 6.03 Å². The number of likely N-dealkylation sites (tertiary alicyclic amines) is 1. The van der Waals surface area contributed by atoms with Crippen molar-refractivity contribution >= 4 is 23.3 Å². The minimum Gasteiger partial charge on any atom is -0.325 e. The number of benzene rings is 2. The fourth-order valence-electron chi connectivity index (χ4n) is 3.16. The minimum absolute atomic E-state index is 0.0342. The third kappa shape index (κ3) is 4.30. The van der Waals surface area contributed by atoms with Gasteiger partial charge in [-0.1, -0.05) is 48.0 Å². The molecule has 0 aromatic heterocycles. The second-order valence-corrected chi connectivity index (χ2v) is 6.92. The lowest BCUT2D eigenvalue weighted by atomic mass is 9.90. The van der Waals surface area contributed by atoms with Crippen LogP contribution in [0.25, 0.3) is 0 Å². The highest BCUT2D eigenvalue weighted by molar-refractivity contribution is 6.31. The quantitative estimate of drug-likeness (QED) is 0.823. The van der Waals surface area contributed by atoms with E-state index in [1.54, 1.807) is 6.07 Å². The molecule has 24 heavy (non-hydrogen) atoms. The molecule has 126 valence electrons. The van der Waals surface area contributed by atoms with Gasteiger partial charge in [-0.3, -0.25) is 0 Å². The molecule has 3 nitrogen and oxygen atoms in total. The average Bonchev–Trinajstić information content (AvgIpc) is 2.60. The summed E-state index contributed by atoms with van der Waals surface area (Å²) in [5.74, 6) is 0.658. The number of carbonyl (C=O) groups excluding carboxylic acids is 1. The maximum atomic E-state index is 12.4. The van der Waals surface area contributed by atoms with Crippen LogP contribution in [0.15, 0.2) is 48.5 Å². The summed E-state index contributed by atoms with van der Waals surface area (Å²) in [4.78, 5) is 14.3. The summed E-state index contributed by atoms with van der Waals surface area (Å²) < 4.78 is 0. The van der Waals surface area contributed by atoms with Crippen LogP contribution in [-0.4, -0.2) is 24.0 Å². The molecule has 0 spiro atoms. The Labute approximate surface area is 148 Å². The third-order valence-electron chi connectivity index (χ3n) is 4.69. The molecular formula is C20H23ClN2O. The van der Waals surface area contributed by atoms with Gasteiger partial charge in [-0.25, -0.2) is 4.79 Å². The average molecular weight is 343 g/mol. The van der Waals surface area contributed by atoms with Gasteiger partial charge < -0.3 is 10.2 Å². The first-order valence-electron chi connectivity index (χ1n) is 8.48. The first-order valence-corrected chi connectivity index (χ1v) is 8.85. The van der Waals surface area contributed by atoms with Gasteiger partial charge in [0.25, 0.3) is 0 Å². The van der Waals surface area contributed by atoms with Gasteiger partial charge in [-0.15, -0.1) is 0 Å². The van der Waals surface area contributed by atoms with E-state index in [9.17, 15) is 4.79 Å². The summed E-state index contributed by atoms with van der Waals surface area (Å²) in [6, 6.07) is 16.2. The summed E-state index contributed by atoms with van der Waals surface area (Å²) in [6.07, 6.45) is 3.21. The molecule has 1 aliphatic heterocycles. The molecule has 4 heteroatoms. The lowest BCUT2D eigenvalue weighted by Gasteiger charge is -2.32. The van der Waals surface area contributed by atoms with E-state index >= 15 is 0 Å². The zero-order chi connectivity index (χ0) is 16.9. The molecule has 0 aliphatic carbocycles. The van der Waals surface area contributed by atoms with Crippen LogP contribution in [0.5, 0.6) is 0 Å². The van der Waals surface area contributed by atoms with E-state index in [1.807, 2.05) is 30.0 Å². The minimum atomic E-state index is -0.0342. The normalized spacial score (nSPS) is 15.3. The Kier molecular flexibility index (Phi) is 5.41. The molecule has 0 unspecified atom stereocenters. The molecule has 2 amide bonds. The molecule has 1 saturated heterocycles. The van der Waals surface area contributed by atoms with Gasteiger partial charge in [-0.2, -0.15) is 0 Å². The molecule has 1 N–H and O–H groups in total. The van der Waals surface area contributed by atoms with Gasteiger partial charge in [0.15, 0.2) is 0 Å². The molecule has 2 aromatic carbocycles. The summed E-state index contributed by atoms with van der Waals surface area (Å²) in [5, 5.41) is 3.62. The molecule has 0 radical (unpaired) electrons. The number of hydrogen-bond donors (Lipinski definition) is 1. The van der Waals surface area contributed by atoms with Crippen molar-refractivity contribution in [3.8, 4) is 0 Å². The van der Waals surface area contributed by atoms with Gasteiger partial charge in [-0.05, 0) is 55.4 Å². The van der Waals surface area contributed by atoms with Crippen LogP contribution < -0.4 is 5.32 Å². The number of amides is 2. The van der Waals surface area contributed by atoms with E-state index in [1.165, 1.54) is 5.56 Å². The molecule has 0 bridgehead atoms. The van der Waals surface area contributed by atoms with E-state index in [0.29, 0.717) is 10.9 Å². The van der Waals surface area contributed by atoms with Crippen LogP contribution in [0.2, 0.25) is 5.02 Å². The predicted molar refractivity (Wildman–Crippen MR) is 99.7 cm³/mol. The largest absolute Gasteiger partial charge is 0.325 e. The van der Waals surface area contributed by atoms with Crippen molar-refractivity contribution in [1.29, 1.82) is 0 Å². The molecule has 1 aliphatic rings. The fraction of sp³-hybridized carbons (Fsp3) is 0.350. The van der Waals surface area contributed by atoms with Crippen LogP contribution in [0.4, 0.5) is 10.5 Å². The van der Waals surface area contributed by atoms with Gasteiger partial charge in [0, 0.05) is 23.8 Å². The highest BCUT2D eigenvalue weighted by Crippen LogP contribution is 2.23. The standard InChI is InChI=1S/C20H23ClN2O/c1-15-7-8-18(14-19(15)21)22-20(24)23-11-9-17(10-12-23)13-16-5-3-2-4-6-16/h2-8,14,17H,9-13H2,1H3,(H,22,24). The summed E-state index contributed by atoms with van der Waals surface area (Å²) in [7, 11) is 0. The third-order valence-corrected chi connectivity index (χ3v) is 5.10. The van der Waals surface area contributed by atoms with Crippen LogP contribution >= 0.6 is 11.6 Å². The number of aryl methyl sites for hydroxylation is 1. The highest BCUT2D eigenvalue weighted by Gasteiger charge is 2.23. The number of piperidine rings is 1. The Morgan fingerprint density at radius 1 is 1.17 bits per heavy atom. The molecule has 3 rings (SSSR count). The SMILES string of the molecule is Cc1ccc(NC(=O)N2CCC(Cc3ccccc3)CC2)cc1Cl. The Morgan fingerprint density at radius 3 is 2.54 bits per heavy atom. The zero-order valence-corrected chi connectivity index (χ0v) is 14.7. The van der Waals surface area contributed by atoms with E-state index in [0.717, 1.165) is 43.6 Å². The van der Waals surface area contributed by atoms with Crippen molar-refractivity contribution in [3.63, 3.8) is 0 Å². The molecule has 2 aromatic rings. The molecule has 1 fully saturated rings. The maximum absolute atomic E-state index is 12.4. The van der Waals surface area contributed by atoms with Crippen LogP contribution in [0, 0.1) is 12.8 Å². The van der Waals surface area contributed by atoms with Crippen molar-refractivity contribution in [2.75, 3.05) is 18.4 Å². The summed E-state index contributed by atoms with van der Waals surface area (Å²) in [5.41, 5.74) is 3.15. The van der Waals surface area contributed by atoms with Gasteiger partial charge in [0.1, 0.15) is 0 Å². The number of carbonyl (C=O) groups is 1. The number of nitrogens with one attached hydrogen (secondary N) is 1. The van der Waals surface area contributed by atoms with Crippen molar-refractivity contribution in [1.82, 2.24) is 4.90 Å². The van der Waals surface area contributed by atoms with E-state index < -0.39 is 0 Å². The Morgan fingerprint density at radius 2 is 1.88 bits per heavy atom. The second kappa shape index (κ2) is 7.71. The fourth-order valence-corrected chi connectivity index (χ4v) is 3.34. The van der Waals surface area contributed by atoms with E-state index in [4.69, 9.17) is 11.6 Å². The molecule has 1 heterocycles. The van der Waals surface area contributed by atoms with Gasteiger partial charge in [0.2, 0.25) is 0 Å². The smallest absolute Gasteiger partial charge is 0.321 e. The Hall–Kier alpha value is -2.00. The highest BCUT2D eigenvalue weighted by atomic mass is 35.5. The van der Waals surface area contributed by atoms with E-state index in [-0.39, 0.29) is 6.03 Å². The zero-order valence-electron chi connectivity index (χ0n) is 14.0. The molecule has 0 atom stereocenters. The van der Waals surface area contributed by atoms with Crippen molar-refractivity contribution in [3.05, 3.63) is 64.7 Å². The lowest BCUT2D eigenvalue weighted by Crippen LogP contribution is -2.41. The number of nitrogens with zero attached hydrogens (tertiary/aromatic N) is 1. The van der Waals surface area contributed by atoms with Crippen molar-refractivity contribution in [2.45, 2.75) is 26.2 Å². The Bertz CT molecular complexity index is 694. The summed E-state index contributed by atoms with van der Waals surface area (Å²) in [6.45, 7) is 3.57. The van der Waals surface area contributed by atoms with E-state index in [2.05, 4.69) is 29.6 Å². The molecule has 0 saturated carbocycles. The number of hydrogen-bond acceptors (Lipinski definition) is 1. The van der Waals surface area contributed by atoms with Crippen LogP contribution in [-0.2, 0) is 6.42 Å². The van der Waals surface area contributed by atoms with Crippen molar-refractivity contribution < 1.29 is 4.79 Å². The Balaban J connectivity index is 1.50. The lowest BCUT2D eigenvalue weighted by molar-refractivity contribution is 0.182. The molecular weight excluding hydrogens is 320 g/mol. The van der Waals surface area contributed by atoms with Crippen molar-refractivity contribution in [2.24, 2.45) is 5.92 Å². The number of urea groups is 1. The monoisotopic (exact) mass is 342 g/mol. The van der Waals surface area contributed by atoms with Crippen LogP contribution in [0.1, 0.15) is 24.0 Å². The van der Waals surface area contributed by atoms with Crippen LogP contribution in [0.3, 0.4) is 0 Å². The predicted octanol–water partition coefficient (Wildman–Crippen LogP) is 5.14. The first kappa shape index (κ1) is 16.8. The first-order chi connectivity index (χ1) is 11.6. The second-order valence-electron chi connectivity index (χ2n) is 6.51. The van der Waals surface area contributed by atoms with Gasteiger partial charge in [0.05, 0.1) is 0 Å². The number of rotatable bonds is 3. The summed E-state index contributed by atoms with van der Waals surface area (Å²) >= 11 is 6.11. The number of halogens is 1. The number of anilines is 1.